The van der Waals surface area contributed by atoms with E-state index in [0.29, 0.717) is 19.7 Å². The van der Waals surface area contributed by atoms with Crippen molar-refractivity contribution >= 4 is 5.91 Å². The van der Waals surface area contributed by atoms with Gasteiger partial charge in [0.2, 0.25) is 5.91 Å². The smallest absolute Gasteiger partial charge is 0.249 e. The van der Waals surface area contributed by atoms with Gasteiger partial charge in [0.1, 0.15) is 18.5 Å². The van der Waals surface area contributed by atoms with Crippen LogP contribution in [0.2, 0.25) is 0 Å². The number of nitrogens with one attached hydrogen (secondary N) is 1. The highest BCUT2D eigenvalue weighted by Crippen LogP contribution is 2.19. The predicted octanol–water partition coefficient (Wildman–Crippen LogP) is 2.39. The Morgan fingerprint density at radius 3 is 2.52 bits per heavy atom. The normalized spacial score (nSPS) is 19.6. The molecule has 3 rings (SSSR count). The van der Waals surface area contributed by atoms with Gasteiger partial charge in [-0.2, -0.15) is 0 Å². The third-order valence-corrected chi connectivity index (χ3v) is 4.30. The van der Waals surface area contributed by atoms with Crippen LogP contribution in [0.5, 0.6) is 5.75 Å². The second-order valence-electron chi connectivity index (χ2n) is 6.20. The maximum atomic E-state index is 12.1. The topological polar surface area (TPSA) is 73.6 Å². The highest BCUT2D eigenvalue weighted by molar-refractivity contribution is 5.81. The van der Waals surface area contributed by atoms with Crippen LogP contribution in [0.4, 0.5) is 0 Å². The minimum absolute atomic E-state index is 0.0109. The van der Waals surface area contributed by atoms with Gasteiger partial charge in [-0.15, -0.1) is 0 Å². The molecule has 25 heavy (non-hydrogen) atoms. The summed E-state index contributed by atoms with van der Waals surface area (Å²) >= 11 is 0. The minimum atomic E-state index is -0.373. The molecule has 3 N–H and O–H groups in total. The lowest BCUT2D eigenvalue weighted by molar-refractivity contribution is -0.132. The van der Waals surface area contributed by atoms with Crippen LogP contribution in [0.25, 0.3) is 0 Å². The largest absolute Gasteiger partial charge is 0.489 e. The van der Waals surface area contributed by atoms with E-state index in [1.165, 1.54) is 0 Å². The number of hydrogen-bond donors (Lipinski definition) is 2. The Balaban J connectivity index is 1.44. The molecule has 1 amide bonds. The molecular formula is C20H24N2O3. The molecule has 2 aromatic rings. The lowest BCUT2D eigenvalue weighted by atomic mass is 10.1. The van der Waals surface area contributed by atoms with Gasteiger partial charge in [-0.05, 0) is 36.1 Å². The number of nitrogens with two attached hydrogens (primary N) is 1. The van der Waals surface area contributed by atoms with Gasteiger partial charge >= 0.3 is 0 Å². The van der Waals surface area contributed by atoms with Crippen molar-refractivity contribution in [2.24, 2.45) is 5.73 Å². The van der Waals surface area contributed by atoms with Crippen LogP contribution in [0, 0.1) is 0 Å². The highest BCUT2D eigenvalue weighted by atomic mass is 16.5. The van der Waals surface area contributed by atoms with Gasteiger partial charge in [0, 0.05) is 13.1 Å². The summed E-state index contributed by atoms with van der Waals surface area (Å²) in [7, 11) is 0. The lowest BCUT2D eigenvalue weighted by Crippen LogP contribution is -2.35. The average molecular weight is 340 g/mol. The zero-order chi connectivity index (χ0) is 17.5. The maximum Gasteiger partial charge on any atom is 0.249 e. The van der Waals surface area contributed by atoms with Crippen LogP contribution in [-0.2, 0) is 22.7 Å². The van der Waals surface area contributed by atoms with E-state index < -0.39 is 0 Å². The summed E-state index contributed by atoms with van der Waals surface area (Å²) in [5.74, 6) is 0.740. The molecular weight excluding hydrogens is 316 g/mol. The van der Waals surface area contributed by atoms with Gasteiger partial charge in [0.25, 0.3) is 0 Å². The van der Waals surface area contributed by atoms with Gasteiger partial charge in [-0.25, -0.2) is 0 Å². The Labute approximate surface area is 148 Å². The summed E-state index contributed by atoms with van der Waals surface area (Å²) in [6, 6.07) is 17.8. The molecule has 2 atom stereocenters. The highest BCUT2D eigenvalue weighted by Gasteiger charge is 2.29. The first-order valence-corrected chi connectivity index (χ1v) is 8.63. The zero-order valence-corrected chi connectivity index (χ0v) is 14.2. The minimum Gasteiger partial charge on any atom is -0.489 e. The Hall–Kier alpha value is -2.37. The van der Waals surface area contributed by atoms with Crippen LogP contribution in [0.1, 0.15) is 24.0 Å². The van der Waals surface area contributed by atoms with Crippen molar-refractivity contribution in [1.29, 1.82) is 0 Å². The molecule has 0 saturated carbocycles. The molecule has 0 spiro atoms. The summed E-state index contributed by atoms with van der Waals surface area (Å²) in [6.07, 6.45) is 1.22. The Morgan fingerprint density at radius 1 is 1.08 bits per heavy atom. The second kappa shape index (κ2) is 8.65. The maximum absolute atomic E-state index is 12.1. The van der Waals surface area contributed by atoms with Gasteiger partial charge < -0.3 is 20.5 Å². The van der Waals surface area contributed by atoms with Crippen molar-refractivity contribution in [3.63, 3.8) is 0 Å². The van der Waals surface area contributed by atoms with Crippen LogP contribution in [0.3, 0.4) is 0 Å². The molecule has 0 aliphatic carbocycles. The average Bonchev–Trinajstić information content (AvgIpc) is 3.15. The van der Waals surface area contributed by atoms with Crippen molar-refractivity contribution in [1.82, 2.24) is 5.32 Å². The van der Waals surface area contributed by atoms with Gasteiger partial charge in [-0.3, -0.25) is 4.79 Å². The fraction of sp³-hybridized carbons (Fsp3) is 0.350. The van der Waals surface area contributed by atoms with Gasteiger partial charge in [0.15, 0.2) is 0 Å². The van der Waals surface area contributed by atoms with E-state index in [0.717, 1.165) is 29.7 Å². The quantitative estimate of drug-likeness (QED) is 0.812. The number of hydrogen-bond acceptors (Lipinski definition) is 4. The molecule has 132 valence electrons. The van der Waals surface area contributed by atoms with E-state index in [9.17, 15) is 4.79 Å². The lowest BCUT2D eigenvalue weighted by Gasteiger charge is -2.13. The fourth-order valence-electron chi connectivity index (χ4n) is 2.82. The summed E-state index contributed by atoms with van der Waals surface area (Å²) in [5.41, 5.74) is 7.72. The first kappa shape index (κ1) is 17.5. The summed E-state index contributed by atoms with van der Waals surface area (Å²) in [5, 5.41) is 2.92. The second-order valence-corrected chi connectivity index (χ2v) is 6.20. The Bertz CT molecular complexity index is 673. The molecule has 0 aromatic heterocycles. The molecule has 0 radical (unpaired) electrons. The Kier molecular flexibility index (Phi) is 6.04. The molecule has 0 unspecified atom stereocenters. The van der Waals surface area contributed by atoms with E-state index in [-0.39, 0.29) is 18.1 Å². The standard InChI is InChI=1S/C20H24N2O3/c21-12-18-10-11-19(25-18)20(23)22-13-15-6-8-17(9-7-15)24-14-16-4-2-1-3-5-16/h1-9,18-19H,10-14,21H2,(H,22,23)/t18-,19+/m1/s1. The molecule has 5 heteroatoms. The molecule has 1 aliphatic heterocycles. The molecule has 1 fully saturated rings. The molecule has 1 saturated heterocycles. The number of ether oxygens (including phenoxy) is 2. The summed E-state index contributed by atoms with van der Waals surface area (Å²) in [4.78, 5) is 12.1. The Morgan fingerprint density at radius 2 is 1.84 bits per heavy atom. The van der Waals surface area contributed by atoms with Crippen LogP contribution < -0.4 is 15.8 Å². The van der Waals surface area contributed by atoms with E-state index in [1.54, 1.807) is 0 Å². The third-order valence-electron chi connectivity index (χ3n) is 4.30. The number of amides is 1. The molecule has 5 nitrogen and oxygen atoms in total. The van der Waals surface area contributed by atoms with Crippen LogP contribution >= 0.6 is 0 Å². The van der Waals surface area contributed by atoms with E-state index in [2.05, 4.69) is 5.32 Å². The fourth-order valence-corrected chi connectivity index (χ4v) is 2.82. The number of rotatable bonds is 7. The predicted molar refractivity (Wildman–Crippen MR) is 96.0 cm³/mol. The molecule has 1 aliphatic rings. The van der Waals surface area contributed by atoms with Gasteiger partial charge in [0.05, 0.1) is 6.10 Å². The van der Waals surface area contributed by atoms with Crippen molar-refractivity contribution in [2.45, 2.75) is 38.2 Å². The first-order valence-electron chi connectivity index (χ1n) is 8.63. The van der Waals surface area contributed by atoms with Crippen molar-refractivity contribution in [3.05, 3.63) is 65.7 Å². The number of carbonyl (C=O) groups excluding carboxylic acids is 1. The summed E-state index contributed by atoms with van der Waals surface area (Å²) in [6.45, 7) is 1.48. The monoisotopic (exact) mass is 340 g/mol. The van der Waals surface area contributed by atoms with Crippen molar-refractivity contribution < 1.29 is 14.3 Å². The van der Waals surface area contributed by atoms with Crippen LogP contribution in [0.15, 0.2) is 54.6 Å². The van der Waals surface area contributed by atoms with Crippen molar-refractivity contribution in [3.8, 4) is 5.75 Å². The molecule has 2 aromatic carbocycles. The van der Waals surface area contributed by atoms with E-state index in [1.807, 2.05) is 54.6 Å². The molecule has 0 bridgehead atoms. The van der Waals surface area contributed by atoms with Crippen molar-refractivity contribution in [2.75, 3.05) is 6.54 Å². The number of benzene rings is 2. The van der Waals surface area contributed by atoms with E-state index >= 15 is 0 Å². The van der Waals surface area contributed by atoms with Gasteiger partial charge in [-0.1, -0.05) is 42.5 Å². The SMILES string of the molecule is NC[C@H]1CC[C@@H](C(=O)NCc2ccc(OCc3ccccc3)cc2)O1. The zero-order valence-electron chi connectivity index (χ0n) is 14.2. The third kappa shape index (κ3) is 5.05. The van der Waals surface area contributed by atoms with E-state index in [4.69, 9.17) is 15.2 Å². The molecule has 1 heterocycles. The first-order chi connectivity index (χ1) is 12.2. The number of carbonyl (C=O) groups is 1. The summed E-state index contributed by atoms with van der Waals surface area (Å²) < 4.78 is 11.4. The van der Waals surface area contributed by atoms with Crippen LogP contribution in [-0.4, -0.2) is 24.7 Å².